The average Bonchev–Trinajstić information content (AvgIpc) is 2.44. The van der Waals surface area contributed by atoms with Gasteiger partial charge < -0.3 is 15.2 Å². The van der Waals surface area contributed by atoms with E-state index in [0.717, 1.165) is 49.4 Å². The van der Waals surface area contributed by atoms with Gasteiger partial charge in [0, 0.05) is 31.7 Å². The van der Waals surface area contributed by atoms with Crippen LogP contribution in [-0.2, 0) is 11.3 Å². The largest absolute Gasteiger partial charge is 0.507 e. The monoisotopic (exact) mass is 342 g/mol. The van der Waals surface area contributed by atoms with Crippen LogP contribution in [0, 0.1) is 0 Å². The summed E-state index contributed by atoms with van der Waals surface area (Å²) in [6, 6.07) is 5.60. The smallest absolute Gasteiger partial charge is 0.129 e. The van der Waals surface area contributed by atoms with Gasteiger partial charge in [-0.25, -0.2) is 0 Å². The Morgan fingerprint density at radius 2 is 2.05 bits per heavy atom. The molecule has 1 saturated heterocycles. The molecule has 1 aliphatic rings. The maximum absolute atomic E-state index is 9.48. The summed E-state index contributed by atoms with van der Waals surface area (Å²) in [5.74, 6) is 0.280. The number of nitrogens with one attached hydrogen (secondary N) is 1. The second-order valence-electron chi connectivity index (χ2n) is 5.80. The van der Waals surface area contributed by atoms with Crippen LogP contribution in [-0.4, -0.2) is 48.4 Å². The minimum atomic E-state index is 0.123. The predicted octanol–water partition coefficient (Wildman–Crippen LogP) is 2.36. The molecule has 0 amide bonds. The Balaban J connectivity index is 1.83. The van der Waals surface area contributed by atoms with Crippen LogP contribution in [0.15, 0.2) is 22.7 Å². The molecule has 0 bridgehead atoms. The van der Waals surface area contributed by atoms with Gasteiger partial charge in [0.2, 0.25) is 0 Å². The molecule has 4 nitrogen and oxygen atoms in total. The number of hydrogen-bond acceptors (Lipinski definition) is 4. The molecule has 0 spiro atoms. The van der Waals surface area contributed by atoms with E-state index in [4.69, 9.17) is 4.74 Å². The zero-order valence-electron chi connectivity index (χ0n) is 12.2. The number of morpholine rings is 1. The van der Waals surface area contributed by atoms with E-state index >= 15 is 0 Å². The van der Waals surface area contributed by atoms with E-state index in [0.29, 0.717) is 0 Å². The van der Waals surface area contributed by atoms with E-state index in [2.05, 4.69) is 40.0 Å². The molecule has 2 rings (SSSR count). The Kier molecular flexibility index (Phi) is 5.43. The number of halogens is 1. The summed E-state index contributed by atoms with van der Waals surface area (Å²) in [5.41, 5.74) is 1.28. The van der Waals surface area contributed by atoms with Crippen LogP contribution in [0.3, 0.4) is 0 Å². The zero-order chi connectivity index (χ0) is 14.6. The Hall–Kier alpha value is -0.620. The first-order chi connectivity index (χ1) is 9.49. The molecule has 1 aromatic carbocycles. The van der Waals surface area contributed by atoms with Crippen molar-refractivity contribution >= 4 is 15.9 Å². The topological polar surface area (TPSA) is 44.7 Å². The summed E-state index contributed by atoms with van der Waals surface area (Å²) in [6.07, 6.45) is 0. The molecule has 1 heterocycles. The Morgan fingerprint density at radius 3 is 2.70 bits per heavy atom. The summed E-state index contributed by atoms with van der Waals surface area (Å²) in [7, 11) is 0. The van der Waals surface area contributed by atoms with Crippen molar-refractivity contribution in [2.75, 3.05) is 32.8 Å². The zero-order valence-corrected chi connectivity index (χ0v) is 13.7. The van der Waals surface area contributed by atoms with Crippen LogP contribution in [0.25, 0.3) is 0 Å². The van der Waals surface area contributed by atoms with Crippen molar-refractivity contribution in [2.24, 2.45) is 0 Å². The van der Waals surface area contributed by atoms with Gasteiger partial charge in [0.05, 0.1) is 17.7 Å². The fourth-order valence-electron chi connectivity index (χ4n) is 2.45. The van der Waals surface area contributed by atoms with Crippen molar-refractivity contribution < 1.29 is 9.84 Å². The van der Waals surface area contributed by atoms with Gasteiger partial charge in [0.25, 0.3) is 0 Å². The van der Waals surface area contributed by atoms with Gasteiger partial charge in [0.1, 0.15) is 5.75 Å². The fraction of sp³-hybridized carbons (Fsp3) is 0.600. The van der Waals surface area contributed by atoms with Gasteiger partial charge in [0.15, 0.2) is 0 Å². The molecule has 0 saturated carbocycles. The number of aromatic hydroxyl groups is 1. The van der Waals surface area contributed by atoms with E-state index in [1.807, 2.05) is 12.1 Å². The lowest BCUT2D eigenvalue weighted by atomic mass is 10.0. The number of benzene rings is 1. The number of phenolic OH excluding ortho intramolecular Hbond substituents is 1. The SMILES string of the molecule is CC(C)(CNCc1ccc(O)c(Br)c1)N1CCOCC1. The maximum atomic E-state index is 9.48. The predicted molar refractivity (Wildman–Crippen MR) is 84.0 cm³/mol. The van der Waals surface area contributed by atoms with Gasteiger partial charge in [-0.2, -0.15) is 0 Å². The van der Waals surface area contributed by atoms with Crippen LogP contribution < -0.4 is 5.32 Å². The van der Waals surface area contributed by atoms with Gasteiger partial charge in [-0.3, -0.25) is 4.90 Å². The molecular formula is C15H23BrN2O2. The number of rotatable bonds is 5. The second kappa shape index (κ2) is 6.89. The van der Waals surface area contributed by atoms with Crippen LogP contribution >= 0.6 is 15.9 Å². The highest BCUT2D eigenvalue weighted by Crippen LogP contribution is 2.24. The average molecular weight is 343 g/mol. The summed E-state index contributed by atoms with van der Waals surface area (Å²) in [5, 5.41) is 13.0. The highest BCUT2D eigenvalue weighted by Gasteiger charge is 2.27. The summed E-state index contributed by atoms with van der Waals surface area (Å²) >= 11 is 3.34. The van der Waals surface area contributed by atoms with Gasteiger partial charge in [-0.15, -0.1) is 0 Å². The molecule has 1 fully saturated rings. The third kappa shape index (κ3) is 4.19. The fourth-order valence-corrected chi connectivity index (χ4v) is 2.88. The Labute approximate surface area is 129 Å². The van der Waals surface area contributed by atoms with Crippen molar-refractivity contribution in [3.05, 3.63) is 28.2 Å². The maximum Gasteiger partial charge on any atom is 0.129 e. The highest BCUT2D eigenvalue weighted by atomic mass is 79.9. The quantitative estimate of drug-likeness (QED) is 0.862. The van der Waals surface area contributed by atoms with Crippen LogP contribution in [0.4, 0.5) is 0 Å². The summed E-state index contributed by atoms with van der Waals surface area (Å²) in [4.78, 5) is 2.47. The third-order valence-electron chi connectivity index (χ3n) is 3.77. The molecule has 1 aliphatic heterocycles. The molecule has 1 aromatic rings. The van der Waals surface area contributed by atoms with Gasteiger partial charge in [-0.1, -0.05) is 6.07 Å². The van der Waals surface area contributed by atoms with E-state index in [9.17, 15) is 5.11 Å². The molecule has 0 aromatic heterocycles. The lowest BCUT2D eigenvalue weighted by molar-refractivity contribution is -0.00966. The first-order valence-electron chi connectivity index (χ1n) is 7.00. The molecule has 0 radical (unpaired) electrons. The van der Waals surface area contributed by atoms with E-state index in [-0.39, 0.29) is 11.3 Å². The third-order valence-corrected chi connectivity index (χ3v) is 4.40. The molecular weight excluding hydrogens is 320 g/mol. The van der Waals surface area contributed by atoms with Crippen molar-refractivity contribution in [2.45, 2.75) is 25.9 Å². The van der Waals surface area contributed by atoms with E-state index in [1.165, 1.54) is 0 Å². The van der Waals surface area contributed by atoms with Crippen LogP contribution in [0.1, 0.15) is 19.4 Å². The normalized spacial score (nSPS) is 17.4. The van der Waals surface area contributed by atoms with Crippen LogP contribution in [0.2, 0.25) is 0 Å². The Bertz CT molecular complexity index is 445. The standard InChI is InChI=1S/C15H23BrN2O2/c1-15(2,18-5-7-20-8-6-18)11-17-10-12-3-4-14(19)13(16)9-12/h3-4,9,17,19H,5-8,10-11H2,1-2H3. The minimum absolute atomic E-state index is 0.123. The van der Waals surface area contributed by atoms with Crippen molar-refractivity contribution in [1.29, 1.82) is 0 Å². The van der Waals surface area contributed by atoms with Gasteiger partial charge in [-0.05, 0) is 47.5 Å². The Morgan fingerprint density at radius 1 is 1.35 bits per heavy atom. The lowest BCUT2D eigenvalue weighted by Gasteiger charge is -2.41. The molecule has 112 valence electrons. The minimum Gasteiger partial charge on any atom is -0.507 e. The number of hydrogen-bond donors (Lipinski definition) is 2. The highest BCUT2D eigenvalue weighted by molar-refractivity contribution is 9.10. The molecule has 0 aliphatic carbocycles. The van der Waals surface area contributed by atoms with Crippen LogP contribution in [0.5, 0.6) is 5.75 Å². The number of phenols is 1. The van der Waals surface area contributed by atoms with Gasteiger partial charge >= 0.3 is 0 Å². The van der Waals surface area contributed by atoms with Crippen molar-refractivity contribution in [3.8, 4) is 5.75 Å². The molecule has 0 atom stereocenters. The first kappa shape index (κ1) is 15.8. The van der Waals surface area contributed by atoms with Crippen molar-refractivity contribution in [1.82, 2.24) is 10.2 Å². The van der Waals surface area contributed by atoms with Crippen molar-refractivity contribution in [3.63, 3.8) is 0 Å². The molecule has 5 heteroatoms. The number of ether oxygens (including phenoxy) is 1. The second-order valence-corrected chi connectivity index (χ2v) is 6.66. The van der Waals surface area contributed by atoms with E-state index in [1.54, 1.807) is 6.07 Å². The van der Waals surface area contributed by atoms with E-state index < -0.39 is 0 Å². The summed E-state index contributed by atoms with van der Waals surface area (Å²) < 4.78 is 6.14. The number of nitrogens with zero attached hydrogens (tertiary/aromatic N) is 1. The first-order valence-corrected chi connectivity index (χ1v) is 7.79. The molecule has 2 N–H and O–H groups in total. The molecule has 20 heavy (non-hydrogen) atoms. The lowest BCUT2D eigenvalue weighted by Crippen LogP contribution is -2.54. The molecule has 0 unspecified atom stereocenters. The summed E-state index contributed by atoms with van der Waals surface area (Å²) in [6.45, 7) is 9.90.